The fraction of sp³-hybridized carbons (Fsp3) is 0.231. The van der Waals surface area contributed by atoms with E-state index in [0.29, 0.717) is 23.9 Å². The molecule has 0 radical (unpaired) electrons. The number of nitrogens with one attached hydrogen (secondary N) is 1. The van der Waals surface area contributed by atoms with Crippen molar-refractivity contribution in [3.63, 3.8) is 0 Å². The van der Waals surface area contributed by atoms with E-state index in [1.165, 1.54) is 11.3 Å². The lowest BCUT2D eigenvalue weighted by atomic mass is 10.1. The third kappa shape index (κ3) is 3.78. The van der Waals surface area contributed by atoms with Crippen molar-refractivity contribution in [1.29, 1.82) is 0 Å². The molecule has 1 amide bonds. The van der Waals surface area contributed by atoms with Crippen LogP contribution >= 0.6 is 11.3 Å². The summed E-state index contributed by atoms with van der Waals surface area (Å²) in [6, 6.07) is 1.72. The van der Waals surface area contributed by atoms with Crippen molar-refractivity contribution in [2.75, 3.05) is 0 Å². The average molecular weight is 318 g/mol. The zero-order chi connectivity index (χ0) is 15.6. The molecule has 0 atom stereocenters. The van der Waals surface area contributed by atoms with E-state index in [9.17, 15) is 22.4 Å². The SMILES string of the molecule is Cc1nc(CNC(=O)c2cc(C(F)(F)F)ccc2F)cs1. The van der Waals surface area contributed by atoms with Gasteiger partial charge in [0.15, 0.2) is 0 Å². The molecule has 1 N–H and O–H groups in total. The van der Waals surface area contributed by atoms with Crippen LogP contribution in [0.5, 0.6) is 0 Å². The molecule has 21 heavy (non-hydrogen) atoms. The summed E-state index contributed by atoms with van der Waals surface area (Å²) in [5.74, 6) is -1.92. The van der Waals surface area contributed by atoms with Crippen LogP contribution in [0.4, 0.5) is 17.6 Å². The smallest absolute Gasteiger partial charge is 0.346 e. The predicted molar refractivity (Wildman–Crippen MR) is 69.4 cm³/mol. The Hall–Kier alpha value is -1.96. The van der Waals surface area contributed by atoms with E-state index >= 15 is 0 Å². The topological polar surface area (TPSA) is 42.0 Å². The Morgan fingerprint density at radius 3 is 2.67 bits per heavy atom. The predicted octanol–water partition coefficient (Wildman–Crippen LogP) is 3.54. The van der Waals surface area contributed by atoms with Gasteiger partial charge < -0.3 is 5.32 Å². The second-order valence-electron chi connectivity index (χ2n) is 4.23. The minimum atomic E-state index is -4.63. The summed E-state index contributed by atoms with van der Waals surface area (Å²) in [5, 5.41) is 4.85. The quantitative estimate of drug-likeness (QED) is 0.880. The van der Waals surface area contributed by atoms with Crippen LogP contribution in [0.25, 0.3) is 0 Å². The highest BCUT2D eigenvalue weighted by atomic mass is 32.1. The van der Waals surface area contributed by atoms with Gasteiger partial charge in [-0.05, 0) is 25.1 Å². The molecular formula is C13H10F4N2OS. The van der Waals surface area contributed by atoms with Crippen LogP contribution in [0.2, 0.25) is 0 Å². The van der Waals surface area contributed by atoms with Gasteiger partial charge in [-0.3, -0.25) is 4.79 Å². The molecule has 0 unspecified atom stereocenters. The fourth-order valence-electron chi connectivity index (χ4n) is 1.63. The summed E-state index contributed by atoms with van der Waals surface area (Å²) in [6.45, 7) is 1.81. The Morgan fingerprint density at radius 2 is 2.10 bits per heavy atom. The standard InChI is InChI=1S/C13H10F4N2OS/c1-7-19-9(6-21-7)5-18-12(20)10-4-8(13(15,16)17)2-3-11(10)14/h2-4,6H,5H2,1H3,(H,18,20). The highest BCUT2D eigenvalue weighted by molar-refractivity contribution is 7.09. The largest absolute Gasteiger partial charge is 0.416 e. The number of carbonyl (C=O) groups excluding carboxylic acids is 1. The molecule has 0 aliphatic carbocycles. The highest BCUT2D eigenvalue weighted by Gasteiger charge is 2.31. The number of hydrogen-bond acceptors (Lipinski definition) is 3. The Balaban J connectivity index is 2.15. The number of halogens is 4. The third-order valence-corrected chi connectivity index (χ3v) is 3.46. The molecule has 1 aromatic heterocycles. The van der Waals surface area contributed by atoms with Gasteiger partial charge in [0.25, 0.3) is 5.91 Å². The molecule has 2 rings (SSSR count). The zero-order valence-corrected chi connectivity index (χ0v) is 11.6. The molecule has 0 saturated carbocycles. The van der Waals surface area contributed by atoms with Crippen molar-refractivity contribution in [3.8, 4) is 0 Å². The van der Waals surface area contributed by atoms with E-state index in [1.54, 1.807) is 12.3 Å². The van der Waals surface area contributed by atoms with E-state index in [2.05, 4.69) is 10.3 Å². The maximum Gasteiger partial charge on any atom is 0.416 e. The fourth-order valence-corrected chi connectivity index (χ4v) is 2.24. The Morgan fingerprint density at radius 1 is 1.38 bits per heavy atom. The van der Waals surface area contributed by atoms with Gasteiger partial charge in [-0.1, -0.05) is 0 Å². The molecule has 0 aliphatic heterocycles. The molecule has 112 valence electrons. The molecule has 0 bridgehead atoms. The molecule has 1 aromatic carbocycles. The van der Waals surface area contributed by atoms with E-state index in [-0.39, 0.29) is 6.54 Å². The molecule has 1 heterocycles. The van der Waals surface area contributed by atoms with Crippen molar-refractivity contribution in [2.45, 2.75) is 19.6 Å². The Labute approximate surface area is 121 Å². The first kappa shape index (κ1) is 15.4. The summed E-state index contributed by atoms with van der Waals surface area (Å²) in [5.41, 5.74) is -1.14. The minimum absolute atomic E-state index is 0.0266. The summed E-state index contributed by atoms with van der Waals surface area (Å²) in [7, 11) is 0. The lowest BCUT2D eigenvalue weighted by molar-refractivity contribution is -0.137. The van der Waals surface area contributed by atoms with Crippen LogP contribution in [-0.2, 0) is 12.7 Å². The first-order valence-electron chi connectivity index (χ1n) is 5.83. The van der Waals surface area contributed by atoms with Gasteiger partial charge in [-0.15, -0.1) is 11.3 Å². The van der Waals surface area contributed by atoms with Gasteiger partial charge in [0.2, 0.25) is 0 Å². The summed E-state index contributed by atoms with van der Waals surface area (Å²) >= 11 is 1.38. The van der Waals surface area contributed by atoms with Crippen LogP contribution in [0.1, 0.15) is 26.6 Å². The molecule has 0 aliphatic rings. The molecule has 0 fully saturated rings. The number of hydrogen-bond donors (Lipinski definition) is 1. The van der Waals surface area contributed by atoms with Gasteiger partial charge in [-0.2, -0.15) is 13.2 Å². The van der Waals surface area contributed by atoms with Crippen molar-refractivity contribution >= 4 is 17.2 Å². The molecule has 3 nitrogen and oxygen atoms in total. The normalized spacial score (nSPS) is 11.5. The number of amides is 1. The second-order valence-corrected chi connectivity index (χ2v) is 5.30. The maximum absolute atomic E-state index is 13.5. The van der Waals surface area contributed by atoms with Crippen molar-refractivity contribution in [2.24, 2.45) is 0 Å². The van der Waals surface area contributed by atoms with E-state index < -0.39 is 29.0 Å². The lowest BCUT2D eigenvalue weighted by Gasteiger charge is -2.09. The minimum Gasteiger partial charge on any atom is -0.346 e. The average Bonchev–Trinajstić information content (AvgIpc) is 2.81. The number of aromatic nitrogens is 1. The van der Waals surface area contributed by atoms with Crippen molar-refractivity contribution < 1.29 is 22.4 Å². The van der Waals surface area contributed by atoms with Crippen molar-refractivity contribution in [3.05, 3.63) is 51.2 Å². The summed E-state index contributed by atoms with van der Waals surface area (Å²) in [6.07, 6.45) is -4.63. The Kier molecular flexibility index (Phi) is 4.26. The molecule has 2 aromatic rings. The van der Waals surface area contributed by atoms with E-state index in [0.717, 1.165) is 5.01 Å². The van der Waals surface area contributed by atoms with Gasteiger partial charge in [0.05, 0.1) is 28.4 Å². The first-order chi connectivity index (χ1) is 9.77. The van der Waals surface area contributed by atoms with Gasteiger partial charge in [0, 0.05) is 5.38 Å². The van der Waals surface area contributed by atoms with E-state index in [4.69, 9.17) is 0 Å². The first-order valence-corrected chi connectivity index (χ1v) is 6.71. The summed E-state index contributed by atoms with van der Waals surface area (Å²) in [4.78, 5) is 15.9. The highest BCUT2D eigenvalue weighted by Crippen LogP contribution is 2.30. The number of thiazole rings is 1. The third-order valence-electron chi connectivity index (χ3n) is 2.63. The lowest BCUT2D eigenvalue weighted by Crippen LogP contribution is -2.24. The maximum atomic E-state index is 13.5. The number of nitrogens with zero attached hydrogens (tertiary/aromatic N) is 1. The number of aryl methyl sites for hydroxylation is 1. The van der Waals surface area contributed by atoms with Crippen LogP contribution < -0.4 is 5.32 Å². The number of carbonyl (C=O) groups is 1. The van der Waals surface area contributed by atoms with Gasteiger partial charge in [0.1, 0.15) is 5.82 Å². The number of alkyl halides is 3. The summed E-state index contributed by atoms with van der Waals surface area (Å²) < 4.78 is 51.2. The molecule has 8 heteroatoms. The van der Waals surface area contributed by atoms with Crippen LogP contribution in [0, 0.1) is 12.7 Å². The number of benzene rings is 1. The van der Waals surface area contributed by atoms with Crippen LogP contribution in [0.15, 0.2) is 23.6 Å². The second kappa shape index (κ2) is 5.80. The Bertz CT molecular complexity index is 666. The molecule has 0 saturated heterocycles. The van der Waals surface area contributed by atoms with Crippen LogP contribution in [0.3, 0.4) is 0 Å². The van der Waals surface area contributed by atoms with Gasteiger partial charge >= 0.3 is 6.18 Å². The molecular weight excluding hydrogens is 308 g/mol. The van der Waals surface area contributed by atoms with Crippen LogP contribution in [-0.4, -0.2) is 10.9 Å². The molecule has 0 spiro atoms. The monoisotopic (exact) mass is 318 g/mol. The number of rotatable bonds is 3. The van der Waals surface area contributed by atoms with Gasteiger partial charge in [-0.25, -0.2) is 9.37 Å². The van der Waals surface area contributed by atoms with E-state index in [1.807, 2.05) is 0 Å². The zero-order valence-electron chi connectivity index (χ0n) is 10.8. The van der Waals surface area contributed by atoms with Crippen molar-refractivity contribution in [1.82, 2.24) is 10.3 Å².